The summed E-state index contributed by atoms with van der Waals surface area (Å²) >= 11 is 1.26. The van der Waals surface area contributed by atoms with Gasteiger partial charge in [0.25, 0.3) is 0 Å². The van der Waals surface area contributed by atoms with Crippen molar-refractivity contribution in [3.63, 3.8) is 0 Å². The summed E-state index contributed by atoms with van der Waals surface area (Å²) in [6, 6.07) is 7.30. The van der Waals surface area contributed by atoms with Crippen molar-refractivity contribution in [1.29, 1.82) is 0 Å². The number of hydrogen-bond donors (Lipinski definition) is 7. The number of methoxy groups -OCH3 is 2. The summed E-state index contributed by atoms with van der Waals surface area (Å²) in [6.45, 7) is 30.9. The van der Waals surface area contributed by atoms with Crippen LogP contribution in [-0.2, 0) is 38.2 Å². The van der Waals surface area contributed by atoms with Crippen LogP contribution in [0.3, 0.4) is 0 Å². The Bertz CT molecular complexity index is 1760. The lowest BCUT2D eigenvalue weighted by Gasteiger charge is -2.39. The minimum absolute atomic E-state index is 0.0695. The number of unbranched alkanes of at least 4 members (excludes halogenated alkanes) is 2. The number of likely N-dealkylation sites (tertiary alicyclic amines) is 1. The van der Waals surface area contributed by atoms with Crippen LogP contribution in [0.1, 0.15) is 168 Å². The third kappa shape index (κ3) is 37.5. The largest absolute Gasteiger partial charge is 0.388 e. The van der Waals surface area contributed by atoms with E-state index in [0.29, 0.717) is 19.4 Å². The van der Waals surface area contributed by atoms with Gasteiger partial charge < -0.3 is 66.5 Å². The average molecular weight is 1170 g/mol. The Kier molecular flexibility index (Phi) is 52.7. The molecule has 9 N–H and O–H groups in total. The Morgan fingerprint density at radius 2 is 1.37 bits per heavy atom. The van der Waals surface area contributed by atoms with Gasteiger partial charge in [-0.2, -0.15) is 0 Å². The first kappa shape index (κ1) is 83.1. The molecular formula is C61H120N10O9S. The molecule has 2 rings (SSSR count). The van der Waals surface area contributed by atoms with Crippen molar-refractivity contribution in [2.24, 2.45) is 47.0 Å². The summed E-state index contributed by atoms with van der Waals surface area (Å²) in [5.74, 6) is 1.68. The van der Waals surface area contributed by atoms with E-state index in [4.69, 9.17) is 20.9 Å². The smallest absolute Gasteiger partial charge is 0.312 e. The molecule has 1 aliphatic rings. The normalized spacial score (nSPS) is 15.1. The molecule has 1 aromatic carbocycles. The molecule has 20 heteroatoms. The van der Waals surface area contributed by atoms with Crippen LogP contribution >= 0.6 is 11.9 Å². The van der Waals surface area contributed by atoms with Crippen molar-refractivity contribution in [1.82, 2.24) is 35.4 Å². The number of amides is 6. The van der Waals surface area contributed by atoms with Crippen molar-refractivity contribution >= 4 is 59.9 Å². The third-order valence-electron chi connectivity index (χ3n) is 14.0. The highest BCUT2D eigenvalue weighted by atomic mass is 32.2. The lowest BCUT2D eigenvalue weighted by atomic mass is 9.90. The van der Waals surface area contributed by atoms with Crippen LogP contribution in [0.15, 0.2) is 29.2 Å². The van der Waals surface area contributed by atoms with Gasteiger partial charge >= 0.3 is 6.03 Å². The summed E-state index contributed by atoms with van der Waals surface area (Å²) < 4.78 is 14.6. The second-order valence-corrected chi connectivity index (χ2v) is 22.9. The lowest BCUT2D eigenvalue weighted by molar-refractivity contribution is -0.145. The summed E-state index contributed by atoms with van der Waals surface area (Å²) in [4.78, 5) is 86.8. The third-order valence-corrected chi connectivity index (χ3v) is 14.8. The quantitative estimate of drug-likeness (QED) is 0.0208. The van der Waals surface area contributed by atoms with E-state index < -0.39 is 24.2 Å². The van der Waals surface area contributed by atoms with Crippen LogP contribution in [0.5, 0.6) is 0 Å². The Morgan fingerprint density at radius 3 is 1.75 bits per heavy atom. The molecule has 0 radical (unpaired) electrons. The molecule has 8 unspecified atom stereocenters. The first-order valence-corrected chi connectivity index (χ1v) is 30.6. The zero-order valence-corrected chi connectivity index (χ0v) is 55.4. The maximum absolute atomic E-state index is 13.6. The molecule has 6 amide bonds. The standard InChI is InChI=1S/C28H47N5O5S.C9H21N.C9H18O.C8H16N2O2.C4H10N2O.C3H8/c1-8-18(2)26(32(5)25(35)17-29)23(37-6)16-24(34)33-15-9-10-22(33)27(38-7)19(3)28(36)31-39-21-13-11-20(30-4)12-14-21;1-7(2)9(8(3)4)10(5)6;1-3-9(2)7-5-4-6-8-10;1-6(2)7(9-3)8(12)10-4-5-11;1-2-3-6-4(5)7;1-3-2/h11-14,18-19,22-23,26-27,30H,8-10,15-17,29H2,1-7H3,(H,31,36);7-9H,1-6H3;8-9H,3-7H2,1-2H3;5-7,9H,4H2,1-3H3,(H,10,12);2-3H2,1H3,(H3,5,6,7);3H2,1-2H3. The van der Waals surface area contributed by atoms with Crippen LogP contribution in [0.25, 0.3) is 0 Å². The Hall–Kier alpha value is -4.34. The van der Waals surface area contributed by atoms with Gasteiger partial charge in [0.15, 0.2) is 0 Å². The molecule has 474 valence electrons. The zero-order chi connectivity index (χ0) is 63.2. The fourth-order valence-electron chi connectivity index (χ4n) is 9.52. The highest BCUT2D eigenvalue weighted by molar-refractivity contribution is 7.98. The molecule has 1 saturated heterocycles. The van der Waals surface area contributed by atoms with Crippen molar-refractivity contribution in [3.05, 3.63) is 24.3 Å². The summed E-state index contributed by atoms with van der Waals surface area (Å²) in [5.41, 5.74) is 11.3. The topological polar surface area (TPSA) is 260 Å². The predicted molar refractivity (Wildman–Crippen MR) is 337 cm³/mol. The van der Waals surface area contributed by atoms with Crippen LogP contribution in [0.4, 0.5) is 10.5 Å². The van der Waals surface area contributed by atoms with E-state index >= 15 is 0 Å². The van der Waals surface area contributed by atoms with Gasteiger partial charge in [-0.3, -0.25) is 23.9 Å². The van der Waals surface area contributed by atoms with Crippen molar-refractivity contribution in [3.8, 4) is 0 Å². The van der Waals surface area contributed by atoms with E-state index in [1.807, 2.05) is 63.9 Å². The molecule has 1 fully saturated rings. The summed E-state index contributed by atoms with van der Waals surface area (Å²) in [7, 11) is 12.8. The number of urea groups is 1. The van der Waals surface area contributed by atoms with Gasteiger partial charge in [0.2, 0.25) is 23.6 Å². The number of nitrogens with one attached hydrogen (secondary N) is 5. The number of nitrogens with two attached hydrogens (primary N) is 2. The SMILES string of the molecule is CC(C)C(C(C)C)N(C)C.CCC.CCC(C)C(C(CC(=O)N1CCCC1C(OC)C(C)C(=O)NSc1ccc(NC)cc1)OC)N(C)C(=O)CN.CCC(C)CCCCC=O.CCCNC(N)=O.CNC(C(=O)NCC=O)C(C)C. The Balaban J connectivity index is -0.000000567. The fraction of sp³-hybridized carbons (Fsp3) is 0.787. The van der Waals surface area contributed by atoms with Crippen LogP contribution < -0.4 is 37.5 Å². The van der Waals surface area contributed by atoms with Crippen LogP contribution in [0, 0.1) is 35.5 Å². The van der Waals surface area contributed by atoms with Crippen molar-refractivity contribution in [2.45, 2.75) is 209 Å². The Morgan fingerprint density at radius 1 is 0.790 bits per heavy atom. The molecule has 1 aromatic rings. The van der Waals surface area contributed by atoms with Gasteiger partial charge in [-0.05, 0) is 113 Å². The van der Waals surface area contributed by atoms with E-state index in [0.717, 1.165) is 79.2 Å². The first-order chi connectivity index (χ1) is 38.2. The number of nitrogens with zero attached hydrogens (tertiary/aromatic N) is 3. The summed E-state index contributed by atoms with van der Waals surface area (Å²) in [5, 5.41) is 10.9. The molecule has 8 atom stereocenters. The highest BCUT2D eigenvalue weighted by Gasteiger charge is 2.42. The number of aldehydes is 2. The van der Waals surface area contributed by atoms with E-state index in [-0.39, 0.29) is 73.1 Å². The van der Waals surface area contributed by atoms with Gasteiger partial charge in [0, 0.05) is 64.4 Å². The molecule has 1 aliphatic heterocycles. The highest BCUT2D eigenvalue weighted by Crippen LogP contribution is 2.30. The van der Waals surface area contributed by atoms with E-state index in [1.54, 1.807) is 33.2 Å². The second-order valence-electron chi connectivity index (χ2n) is 22.0. The Labute approximate surface area is 497 Å². The molecule has 81 heavy (non-hydrogen) atoms. The average Bonchev–Trinajstić information content (AvgIpc) is 3.93. The van der Waals surface area contributed by atoms with Gasteiger partial charge in [-0.1, -0.05) is 129 Å². The number of rotatable bonds is 31. The summed E-state index contributed by atoms with van der Waals surface area (Å²) in [6.07, 6.45) is 11.0. The number of likely N-dealkylation sites (N-methyl/N-ethyl adjacent to an activating group) is 2. The van der Waals surface area contributed by atoms with Crippen molar-refractivity contribution in [2.75, 3.05) is 81.0 Å². The van der Waals surface area contributed by atoms with Gasteiger partial charge in [0.1, 0.15) is 12.6 Å². The number of carbonyl (C=O) groups excluding carboxylic acids is 7. The maximum atomic E-state index is 13.6. The molecule has 0 aromatic heterocycles. The molecule has 0 saturated carbocycles. The van der Waals surface area contributed by atoms with E-state index in [2.05, 4.69) is 114 Å². The molecule has 0 aliphatic carbocycles. The van der Waals surface area contributed by atoms with Gasteiger partial charge in [-0.25, -0.2) is 4.79 Å². The molecule has 19 nitrogen and oxygen atoms in total. The number of ether oxygens (including phenoxy) is 2. The zero-order valence-electron chi connectivity index (χ0n) is 54.6. The maximum Gasteiger partial charge on any atom is 0.312 e. The fourth-order valence-corrected chi connectivity index (χ4v) is 10.2. The number of benzene rings is 1. The minimum Gasteiger partial charge on any atom is -0.388 e. The number of hydrogen-bond acceptors (Lipinski definition) is 14. The van der Waals surface area contributed by atoms with Gasteiger partial charge in [0.05, 0.1) is 55.8 Å². The lowest BCUT2D eigenvalue weighted by Crippen LogP contribution is -2.53. The van der Waals surface area contributed by atoms with E-state index in [1.165, 1.54) is 37.6 Å². The van der Waals surface area contributed by atoms with Crippen LogP contribution in [0.2, 0.25) is 0 Å². The van der Waals surface area contributed by atoms with Crippen molar-refractivity contribution < 1.29 is 43.0 Å². The van der Waals surface area contributed by atoms with Gasteiger partial charge in [-0.15, -0.1) is 0 Å². The minimum atomic E-state index is -0.485. The molecule has 0 bridgehead atoms. The second kappa shape index (κ2) is 51.3. The van der Waals surface area contributed by atoms with Crippen LogP contribution in [-0.4, -0.2) is 169 Å². The molecule has 1 heterocycles. The first-order valence-electron chi connectivity index (χ1n) is 29.8. The number of carbonyl (C=O) groups is 7. The molecule has 0 spiro atoms. The monoisotopic (exact) mass is 1170 g/mol. The number of anilines is 1. The number of primary amides is 1. The molecular weight excluding hydrogens is 1050 g/mol. The van der Waals surface area contributed by atoms with E-state index in [9.17, 15) is 33.6 Å². The predicted octanol–water partition coefficient (Wildman–Crippen LogP) is 8.78.